The van der Waals surface area contributed by atoms with Gasteiger partial charge in [0.05, 0.1) is 0 Å². The highest BCUT2D eigenvalue weighted by atomic mass is 16.5. The fourth-order valence-electron chi connectivity index (χ4n) is 3.58. The van der Waals surface area contributed by atoms with Crippen LogP contribution in [0.4, 0.5) is 0 Å². The summed E-state index contributed by atoms with van der Waals surface area (Å²) in [5.74, 6) is -2.08. The van der Waals surface area contributed by atoms with Crippen LogP contribution in [-0.4, -0.2) is 23.7 Å². The van der Waals surface area contributed by atoms with Crippen LogP contribution in [0.2, 0.25) is 0 Å². The van der Waals surface area contributed by atoms with Gasteiger partial charge in [0.2, 0.25) is 0 Å². The predicted molar refractivity (Wildman–Crippen MR) is 127 cm³/mol. The average molecular weight is 431 g/mol. The Labute approximate surface area is 189 Å². The standard InChI is InChI=1S/C27H42O4/c1-2-3-4-5-6-7-8-9-10-11-12-13-14-15-19-22-26(28)31-23-25(27(29)30)24-20-17-16-18-21-24/h9-10,16-18,20-21,25H,2-8,11-15,19,22-23H2,1H3,(H,29,30)/b10-9-. The first-order chi connectivity index (χ1) is 15.1. The van der Waals surface area contributed by atoms with Gasteiger partial charge >= 0.3 is 11.9 Å². The topological polar surface area (TPSA) is 63.6 Å². The van der Waals surface area contributed by atoms with Gasteiger partial charge in [-0.3, -0.25) is 9.59 Å². The monoisotopic (exact) mass is 430 g/mol. The highest BCUT2D eigenvalue weighted by Gasteiger charge is 2.21. The van der Waals surface area contributed by atoms with Crippen molar-refractivity contribution in [2.24, 2.45) is 0 Å². The molecule has 1 atom stereocenters. The molecule has 31 heavy (non-hydrogen) atoms. The predicted octanol–water partition coefficient (Wildman–Crippen LogP) is 7.44. The summed E-state index contributed by atoms with van der Waals surface area (Å²) < 4.78 is 5.21. The Morgan fingerprint density at radius 3 is 1.97 bits per heavy atom. The van der Waals surface area contributed by atoms with Crippen molar-refractivity contribution in [1.29, 1.82) is 0 Å². The van der Waals surface area contributed by atoms with Crippen molar-refractivity contribution in [1.82, 2.24) is 0 Å². The number of rotatable bonds is 19. The number of carbonyl (C=O) groups excluding carboxylic acids is 1. The molecule has 0 saturated heterocycles. The third-order valence-electron chi connectivity index (χ3n) is 5.55. The Balaban J connectivity index is 1.97. The molecule has 1 rings (SSSR count). The van der Waals surface area contributed by atoms with E-state index in [-0.39, 0.29) is 12.6 Å². The number of hydrogen-bond donors (Lipinski definition) is 1. The van der Waals surface area contributed by atoms with Gasteiger partial charge < -0.3 is 9.84 Å². The number of carbonyl (C=O) groups is 2. The first kappa shape index (κ1) is 26.9. The lowest BCUT2D eigenvalue weighted by Crippen LogP contribution is -2.20. The molecule has 0 aliphatic heterocycles. The van der Waals surface area contributed by atoms with Gasteiger partial charge in [-0.05, 0) is 37.7 Å². The van der Waals surface area contributed by atoms with E-state index >= 15 is 0 Å². The largest absolute Gasteiger partial charge is 0.481 e. The van der Waals surface area contributed by atoms with Gasteiger partial charge in [0.1, 0.15) is 12.5 Å². The third kappa shape index (κ3) is 14.5. The SMILES string of the molecule is CCCCCCCC/C=C\CCCCCCCC(=O)OCC(C(=O)O)c1ccccc1. The molecule has 0 bridgehead atoms. The Morgan fingerprint density at radius 2 is 1.39 bits per heavy atom. The number of benzene rings is 1. The molecule has 1 aromatic carbocycles. The molecule has 0 fully saturated rings. The van der Waals surface area contributed by atoms with E-state index in [9.17, 15) is 14.7 Å². The van der Waals surface area contributed by atoms with Crippen LogP contribution in [0.25, 0.3) is 0 Å². The van der Waals surface area contributed by atoms with E-state index < -0.39 is 11.9 Å². The fraction of sp³-hybridized carbons (Fsp3) is 0.630. The molecule has 174 valence electrons. The lowest BCUT2D eigenvalue weighted by molar-refractivity contribution is -0.148. The number of unbranched alkanes of at least 4 members (excludes halogenated alkanes) is 11. The van der Waals surface area contributed by atoms with E-state index in [4.69, 9.17) is 4.74 Å². The number of esters is 1. The second-order valence-corrected chi connectivity index (χ2v) is 8.32. The summed E-state index contributed by atoms with van der Waals surface area (Å²) in [6.45, 7) is 2.14. The highest BCUT2D eigenvalue weighted by molar-refractivity contribution is 5.77. The number of hydrogen-bond acceptors (Lipinski definition) is 3. The number of ether oxygens (including phenoxy) is 1. The maximum absolute atomic E-state index is 11.9. The van der Waals surface area contributed by atoms with Crippen LogP contribution in [0.3, 0.4) is 0 Å². The quantitative estimate of drug-likeness (QED) is 0.141. The summed E-state index contributed by atoms with van der Waals surface area (Å²) in [5, 5.41) is 9.36. The zero-order valence-electron chi connectivity index (χ0n) is 19.4. The van der Waals surface area contributed by atoms with Gasteiger partial charge in [0.15, 0.2) is 0 Å². The molecule has 0 spiro atoms. The molecule has 4 nitrogen and oxygen atoms in total. The summed E-state index contributed by atoms with van der Waals surface area (Å²) in [6.07, 6.45) is 20.8. The Morgan fingerprint density at radius 1 is 0.839 bits per heavy atom. The minimum atomic E-state index is -0.972. The van der Waals surface area contributed by atoms with Crippen molar-refractivity contribution in [3.8, 4) is 0 Å². The van der Waals surface area contributed by atoms with E-state index in [0.717, 1.165) is 25.7 Å². The lowest BCUT2D eigenvalue weighted by atomic mass is 10.0. The van der Waals surface area contributed by atoms with Gasteiger partial charge in [-0.25, -0.2) is 0 Å². The highest BCUT2D eigenvalue weighted by Crippen LogP contribution is 2.17. The van der Waals surface area contributed by atoms with Crippen LogP contribution in [0, 0.1) is 0 Å². The fourth-order valence-corrected chi connectivity index (χ4v) is 3.58. The first-order valence-corrected chi connectivity index (χ1v) is 12.2. The molecule has 0 amide bonds. The number of carboxylic acids is 1. The third-order valence-corrected chi connectivity index (χ3v) is 5.55. The molecule has 0 radical (unpaired) electrons. The van der Waals surface area contributed by atoms with Crippen LogP contribution in [0.1, 0.15) is 108 Å². The van der Waals surface area contributed by atoms with Crippen LogP contribution < -0.4 is 0 Å². The molecule has 0 saturated carbocycles. The lowest BCUT2D eigenvalue weighted by Gasteiger charge is -2.13. The summed E-state index contributed by atoms with van der Waals surface area (Å²) in [4.78, 5) is 23.3. The molecule has 0 aliphatic carbocycles. The number of allylic oxidation sites excluding steroid dienone is 2. The first-order valence-electron chi connectivity index (χ1n) is 12.2. The zero-order chi connectivity index (χ0) is 22.6. The van der Waals surface area contributed by atoms with E-state index in [1.165, 1.54) is 57.8 Å². The smallest absolute Gasteiger partial charge is 0.314 e. The van der Waals surface area contributed by atoms with Crippen molar-refractivity contribution in [2.75, 3.05) is 6.61 Å². The molecule has 0 heterocycles. The zero-order valence-corrected chi connectivity index (χ0v) is 19.4. The normalized spacial score (nSPS) is 12.2. The van der Waals surface area contributed by atoms with Crippen molar-refractivity contribution in [3.63, 3.8) is 0 Å². The van der Waals surface area contributed by atoms with Crippen LogP contribution in [0.5, 0.6) is 0 Å². The summed E-state index contributed by atoms with van der Waals surface area (Å²) in [5.41, 5.74) is 0.656. The van der Waals surface area contributed by atoms with Crippen molar-refractivity contribution in [3.05, 3.63) is 48.0 Å². The van der Waals surface area contributed by atoms with E-state index in [0.29, 0.717) is 12.0 Å². The van der Waals surface area contributed by atoms with Crippen LogP contribution >= 0.6 is 0 Å². The molecule has 1 unspecified atom stereocenters. The second kappa shape index (κ2) is 18.7. The molecule has 1 aromatic rings. The van der Waals surface area contributed by atoms with Gasteiger partial charge in [0.25, 0.3) is 0 Å². The molecular weight excluding hydrogens is 388 g/mol. The van der Waals surface area contributed by atoms with Gasteiger partial charge in [0, 0.05) is 6.42 Å². The molecule has 4 heteroatoms. The number of carboxylic acid groups (broad SMARTS) is 1. The molecule has 1 N–H and O–H groups in total. The maximum atomic E-state index is 11.9. The van der Waals surface area contributed by atoms with Gasteiger partial charge in [-0.15, -0.1) is 0 Å². The van der Waals surface area contributed by atoms with Crippen molar-refractivity contribution < 1.29 is 19.4 Å². The van der Waals surface area contributed by atoms with Crippen molar-refractivity contribution >= 4 is 11.9 Å². The molecule has 0 aliphatic rings. The van der Waals surface area contributed by atoms with Crippen LogP contribution in [-0.2, 0) is 14.3 Å². The Bertz CT molecular complexity index is 609. The van der Waals surface area contributed by atoms with E-state index in [1.807, 2.05) is 6.07 Å². The maximum Gasteiger partial charge on any atom is 0.314 e. The van der Waals surface area contributed by atoms with Crippen molar-refractivity contribution in [2.45, 2.75) is 103 Å². The Kier molecular flexibility index (Phi) is 16.2. The van der Waals surface area contributed by atoms with Gasteiger partial charge in [-0.1, -0.05) is 101 Å². The van der Waals surface area contributed by atoms with Crippen LogP contribution in [0.15, 0.2) is 42.5 Å². The average Bonchev–Trinajstić information content (AvgIpc) is 2.77. The minimum Gasteiger partial charge on any atom is -0.481 e. The number of aliphatic carboxylic acids is 1. The Hall–Kier alpha value is -2.10. The van der Waals surface area contributed by atoms with E-state index in [1.54, 1.807) is 24.3 Å². The minimum absolute atomic E-state index is 0.108. The second-order valence-electron chi connectivity index (χ2n) is 8.32. The summed E-state index contributed by atoms with van der Waals surface area (Å²) in [7, 11) is 0. The molecular formula is C27H42O4. The van der Waals surface area contributed by atoms with E-state index in [2.05, 4.69) is 19.1 Å². The molecule has 0 aromatic heterocycles. The van der Waals surface area contributed by atoms with Gasteiger partial charge in [-0.2, -0.15) is 0 Å². The summed E-state index contributed by atoms with van der Waals surface area (Å²) in [6, 6.07) is 8.91. The summed E-state index contributed by atoms with van der Waals surface area (Å²) >= 11 is 0.